The van der Waals surface area contributed by atoms with Crippen LogP contribution in [0, 0.1) is 6.92 Å². The SMILES string of the molecule is Cc1cc2ncc(C(=O)N3CCC(N4CCCC4)CC3)cn2n1. The topological polar surface area (TPSA) is 53.7 Å². The molecule has 0 N–H and O–H groups in total. The van der Waals surface area contributed by atoms with Crippen LogP contribution in [-0.4, -0.2) is 62.5 Å². The van der Waals surface area contributed by atoms with Crippen LogP contribution >= 0.6 is 0 Å². The van der Waals surface area contributed by atoms with Crippen LogP contribution in [0.5, 0.6) is 0 Å². The number of nitrogens with zero attached hydrogens (tertiary/aromatic N) is 5. The first-order chi connectivity index (χ1) is 11.2. The molecule has 2 aliphatic heterocycles. The van der Waals surface area contributed by atoms with E-state index in [1.54, 1.807) is 16.9 Å². The first-order valence-corrected chi connectivity index (χ1v) is 8.56. The maximum absolute atomic E-state index is 12.7. The standard InChI is InChI=1S/C17H23N5O/c1-13-10-16-18-11-14(12-22(16)19-13)17(23)21-8-4-15(5-9-21)20-6-2-3-7-20/h10-12,15H,2-9H2,1H3. The number of amides is 1. The molecule has 0 atom stereocenters. The Kier molecular flexibility index (Phi) is 3.77. The van der Waals surface area contributed by atoms with Crippen molar-refractivity contribution < 1.29 is 4.79 Å². The zero-order valence-electron chi connectivity index (χ0n) is 13.6. The number of fused-ring (bicyclic) bond motifs is 1. The minimum atomic E-state index is 0.0763. The Morgan fingerprint density at radius 1 is 1.17 bits per heavy atom. The molecular weight excluding hydrogens is 290 g/mol. The van der Waals surface area contributed by atoms with E-state index in [1.165, 1.54) is 25.9 Å². The summed E-state index contributed by atoms with van der Waals surface area (Å²) in [5.41, 5.74) is 2.32. The largest absolute Gasteiger partial charge is 0.338 e. The number of hydrogen-bond donors (Lipinski definition) is 0. The van der Waals surface area contributed by atoms with Crippen molar-refractivity contribution in [3.63, 3.8) is 0 Å². The number of aromatic nitrogens is 3. The normalized spacial score (nSPS) is 20.5. The van der Waals surface area contributed by atoms with Gasteiger partial charge in [0.05, 0.1) is 11.3 Å². The van der Waals surface area contributed by atoms with Crippen LogP contribution in [0.15, 0.2) is 18.5 Å². The zero-order valence-corrected chi connectivity index (χ0v) is 13.6. The molecule has 0 bridgehead atoms. The molecule has 0 aliphatic carbocycles. The summed E-state index contributed by atoms with van der Waals surface area (Å²) in [6.07, 6.45) is 8.29. The summed E-state index contributed by atoms with van der Waals surface area (Å²) in [4.78, 5) is 21.6. The predicted octanol–water partition coefficient (Wildman–Crippen LogP) is 1.74. The van der Waals surface area contributed by atoms with Crippen LogP contribution in [0.2, 0.25) is 0 Å². The summed E-state index contributed by atoms with van der Waals surface area (Å²) in [6.45, 7) is 6.08. The van der Waals surface area contributed by atoms with Gasteiger partial charge in [-0.2, -0.15) is 5.10 Å². The van der Waals surface area contributed by atoms with E-state index in [2.05, 4.69) is 15.0 Å². The van der Waals surface area contributed by atoms with Gasteiger partial charge in [0.25, 0.3) is 5.91 Å². The predicted molar refractivity (Wildman–Crippen MR) is 87.5 cm³/mol. The fourth-order valence-corrected chi connectivity index (χ4v) is 3.83. The second-order valence-corrected chi connectivity index (χ2v) is 6.70. The fourth-order valence-electron chi connectivity index (χ4n) is 3.83. The Hall–Kier alpha value is -1.95. The Labute approximate surface area is 136 Å². The van der Waals surface area contributed by atoms with E-state index in [4.69, 9.17) is 0 Å². The van der Waals surface area contributed by atoms with E-state index < -0.39 is 0 Å². The number of piperidine rings is 1. The minimum Gasteiger partial charge on any atom is -0.338 e. The molecule has 0 radical (unpaired) electrons. The molecule has 0 unspecified atom stereocenters. The lowest BCUT2D eigenvalue weighted by Gasteiger charge is -2.36. The van der Waals surface area contributed by atoms with Crippen LogP contribution in [0.25, 0.3) is 5.65 Å². The van der Waals surface area contributed by atoms with Crippen LogP contribution in [0.4, 0.5) is 0 Å². The molecule has 4 rings (SSSR count). The highest BCUT2D eigenvalue weighted by atomic mass is 16.2. The van der Waals surface area contributed by atoms with Gasteiger partial charge in [-0.3, -0.25) is 4.79 Å². The van der Waals surface area contributed by atoms with Gasteiger partial charge in [0.1, 0.15) is 0 Å². The minimum absolute atomic E-state index is 0.0763. The van der Waals surface area contributed by atoms with E-state index in [9.17, 15) is 4.79 Å². The second kappa shape index (κ2) is 5.92. The Balaban J connectivity index is 1.44. The van der Waals surface area contributed by atoms with Crippen molar-refractivity contribution in [1.29, 1.82) is 0 Å². The molecule has 0 aromatic carbocycles. The van der Waals surface area contributed by atoms with Crippen molar-refractivity contribution in [1.82, 2.24) is 24.4 Å². The van der Waals surface area contributed by atoms with Gasteiger partial charge < -0.3 is 9.80 Å². The third kappa shape index (κ3) is 2.83. The lowest BCUT2D eigenvalue weighted by Crippen LogP contribution is -2.46. The third-order valence-corrected chi connectivity index (χ3v) is 5.09. The van der Waals surface area contributed by atoms with Gasteiger partial charge in [-0.25, -0.2) is 9.50 Å². The van der Waals surface area contributed by atoms with Crippen LogP contribution in [0.3, 0.4) is 0 Å². The van der Waals surface area contributed by atoms with Crippen molar-refractivity contribution in [3.05, 3.63) is 29.7 Å². The molecular formula is C17H23N5O. The molecule has 2 saturated heterocycles. The molecule has 23 heavy (non-hydrogen) atoms. The van der Waals surface area contributed by atoms with Crippen molar-refractivity contribution in [2.45, 2.75) is 38.6 Å². The molecule has 122 valence electrons. The molecule has 2 aromatic heterocycles. The first-order valence-electron chi connectivity index (χ1n) is 8.56. The molecule has 2 aliphatic rings. The first kappa shape index (κ1) is 14.6. The molecule has 0 saturated carbocycles. The molecule has 6 nitrogen and oxygen atoms in total. The highest BCUT2D eigenvalue weighted by Gasteiger charge is 2.28. The Morgan fingerprint density at radius 2 is 1.91 bits per heavy atom. The van der Waals surface area contributed by atoms with Gasteiger partial charge in [-0.05, 0) is 45.7 Å². The van der Waals surface area contributed by atoms with Gasteiger partial charge in [0, 0.05) is 37.6 Å². The maximum atomic E-state index is 12.7. The van der Waals surface area contributed by atoms with Gasteiger partial charge in [-0.15, -0.1) is 0 Å². The molecule has 2 fully saturated rings. The Morgan fingerprint density at radius 3 is 2.65 bits per heavy atom. The van der Waals surface area contributed by atoms with Gasteiger partial charge in [0.2, 0.25) is 0 Å². The summed E-state index contributed by atoms with van der Waals surface area (Å²) < 4.78 is 1.69. The number of carbonyl (C=O) groups is 1. The number of carbonyl (C=O) groups excluding carboxylic acids is 1. The number of rotatable bonds is 2. The monoisotopic (exact) mass is 313 g/mol. The summed E-state index contributed by atoms with van der Waals surface area (Å²) in [5.74, 6) is 0.0763. The summed E-state index contributed by atoms with van der Waals surface area (Å²) in [5, 5.41) is 4.34. The fraction of sp³-hybridized carbons (Fsp3) is 0.588. The van der Waals surface area contributed by atoms with Gasteiger partial charge in [-0.1, -0.05) is 0 Å². The molecule has 6 heteroatoms. The van der Waals surface area contributed by atoms with E-state index in [0.717, 1.165) is 37.3 Å². The number of hydrogen-bond acceptors (Lipinski definition) is 4. The highest BCUT2D eigenvalue weighted by Crippen LogP contribution is 2.22. The summed E-state index contributed by atoms with van der Waals surface area (Å²) in [6, 6.07) is 2.58. The van der Waals surface area contributed by atoms with Crippen LogP contribution in [0.1, 0.15) is 41.7 Å². The second-order valence-electron chi connectivity index (χ2n) is 6.70. The molecule has 4 heterocycles. The maximum Gasteiger partial charge on any atom is 0.256 e. The smallest absolute Gasteiger partial charge is 0.256 e. The average Bonchev–Trinajstić information content (AvgIpc) is 3.22. The van der Waals surface area contributed by atoms with Gasteiger partial charge in [0.15, 0.2) is 5.65 Å². The average molecular weight is 313 g/mol. The van der Waals surface area contributed by atoms with Crippen LogP contribution < -0.4 is 0 Å². The zero-order chi connectivity index (χ0) is 15.8. The number of aryl methyl sites for hydroxylation is 1. The number of likely N-dealkylation sites (tertiary alicyclic amines) is 2. The lowest BCUT2D eigenvalue weighted by molar-refractivity contribution is 0.0643. The van der Waals surface area contributed by atoms with Crippen molar-refractivity contribution in [3.8, 4) is 0 Å². The Bertz CT molecular complexity index is 711. The van der Waals surface area contributed by atoms with Crippen LogP contribution in [-0.2, 0) is 0 Å². The lowest BCUT2D eigenvalue weighted by atomic mass is 10.0. The third-order valence-electron chi connectivity index (χ3n) is 5.09. The summed E-state index contributed by atoms with van der Waals surface area (Å²) in [7, 11) is 0. The quantitative estimate of drug-likeness (QED) is 0.847. The van der Waals surface area contributed by atoms with Crippen molar-refractivity contribution in [2.24, 2.45) is 0 Å². The molecule has 2 aromatic rings. The van der Waals surface area contributed by atoms with Crippen molar-refractivity contribution >= 4 is 11.6 Å². The van der Waals surface area contributed by atoms with E-state index in [1.807, 2.05) is 17.9 Å². The van der Waals surface area contributed by atoms with E-state index in [-0.39, 0.29) is 5.91 Å². The molecule has 0 spiro atoms. The summed E-state index contributed by atoms with van der Waals surface area (Å²) >= 11 is 0. The molecule has 1 amide bonds. The van der Waals surface area contributed by atoms with E-state index >= 15 is 0 Å². The highest BCUT2D eigenvalue weighted by molar-refractivity contribution is 5.93. The van der Waals surface area contributed by atoms with Gasteiger partial charge >= 0.3 is 0 Å². The van der Waals surface area contributed by atoms with Crippen molar-refractivity contribution in [2.75, 3.05) is 26.2 Å². The van der Waals surface area contributed by atoms with E-state index in [0.29, 0.717) is 11.6 Å².